The topological polar surface area (TPSA) is 79.5 Å². The number of alkyl halides is 3. The molecule has 1 aliphatic heterocycles. The van der Waals surface area contributed by atoms with Crippen LogP contribution in [0.5, 0.6) is 0 Å². The molecular formula is C19H14F3N3O3. The lowest BCUT2D eigenvalue weighted by Crippen LogP contribution is -2.33. The smallest absolute Gasteiger partial charge is 0.416 e. The van der Waals surface area contributed by atoms with E-state index in [9.17, 15) is 18.0 Å². The van der Waals surface area contributed by atoms with Crippen LogP contribution in [-0.4, -0.2) is 39.2 Å². The molecule has 0 radical (unpaired) electrons. The van der Waals surface area contributed by atoms with Gasteiger partial charge in [0.1, 0.15) is 5.52 Å². The Labute approximate surface area is 156 Å². The van der Waals surface area contributed by atoms with E-state index in [1.165, 1.54) is 17.0 Å². The molecule has 3 aromatic rings. The summed E-state index contributed by atoms with van der Waals surface area (Å²) in [6.07, 6.45) is -1.35. The summed E-state index contributed by atoms with van der Waals surface area (Å²) in [5, 5.41) is 9.01. The molecule has 3 heterocycles. The normalized spacial score (nSPS) is 15.0. The number of rotatable bonds is 2. The number of carbonyl (C=O) groups is 1. The molecular weight excluding hydrogens is 375 g/mol. The minimum absolute atomic E-state index is 0.183. The molecule has 1 aromatic carbocycles. The predicted molar refractivity (Wildman–Crippen MR) is 94.4 cm³/mol. The van der Waals surface area contributed by atoms with Gasteiger partial charge in [0, 0.05) is 24.8 Å². The van der Waals surface area contributed by atoms with Crippen molar-refractivity contribution in [2.75, 3.05) is 13.1 Å². The Morgan fingerprint density at radius 3 is 2.54 bits per heavy atom. The number of hydrogen-bond donors (Lipinski definition) is 1. The van der Waals surface area contributed by atoms with E-state index in [4.69, 9.17) is 9.52 Å². The maximum atomic E-state index is 12.7. The van der Waals surface area contributed by atoms with Gasteiger partial charge in [-0.25, -0.2) is 14.8 Å². The van der Waals surface area contributed by atoms with E-state index < -0.39 is 17.8 Å². The Hall–Kier alpha value is -3.36. The quantitative estimate of drug-likeness (QED) is 0.689. The Balaban J connectivity index is 1.61. The van der Waals surface area contributed by atoms with Crippen molar-refractivity contribution < 1.29 is 27.5 Å². The number of aromatic nitrogens is 2. The Kier molecular flexibility index (Phi) is 4.29. The van der Waals surface area contributed by atoms with Crippen LogP contribution in [0.4, 0.5) is 18.0 Å². The molecule has 0 saturated heterocycles. The zero-order chi connectivity index (χ0) is 19.9. The molecule has 0 spiro atoms. The summed E-state index contributed by atoms with van der Waals surface area (Å²) >= 11 is 0. The van der Waals surface area contributed by atoms with E-state index in [-0.39, 0.29) is 11.6 Å². The van der Waals surface area contributed by atoms with Gasteiger partial charge in [0.2, 0.25) is 11.6 Å². The van der Waals surface area contributed by atoms with Gasteiger partial charge in [-0.2, -0.15) is 13.2 Å². The fourth-order valence-electron chi connectivity index (χ4n) is 3.03. The molecule has 28 heavy (non-hydrogen) atoms. The van der Waals surface area contributed by atoms with Crippen LogP contribution in [0.3, 0.4) is 0 Å². The van der Waals surface area contributed by atoms with E-state index in [1.807, 2.05) is 6.08 Å². The average molecular weight is 389 g/mol. The highest BCUT2D eigenvalue weighted by molar-refractivity contribution is 5.79. The first-order chi connectivity index (χ1) is 13.3. The van der Waals surface area contributed by atoms with E-state index >= 15 is 0 Å². The van der Waals surface area contributed by atoms with E-state index in [0.717, 1.165) is 23.3 Å². The lowest BCUT2D eigenvalue weighted by Gasteiger charge is -2.23. The van der Waals surface area contributed by atoms with Gasteiger partial charge in [-0.1, -0.05) is 6.08 Å². The van der Waals surface area contributed by atoms with Crippen molar-refractivity contribution in [3.8, 4) is 11.5 Å². The number of benzene rings is 1. The third-order valence-corrected chi connectivity index (χ3v) is 4.56. The fraction of sp³-hybridized carbons (Fsp3) is 0.211. The van der Waals surface area contributed by atoms with Gasteiger partial charge < -0.3 is 14.4 Å². The van der Waals surface area contributed by atoms with Crippen LogP contribution in [0.15, 0.2) is 47.0 Å². The van der Waals surface area contributed by atoms with Crippen LogP contribution in [0.25, 0.3) is 28.3 Å². The summed E-state index contributed by atoms with van der Waals surface area (Å²) in [7, 11) is 0. The maximum absolute atomic E-state index is 12.7. The van der Waals surface area contributed by atoms with E-state index in [2.05, 4.69) is 9.97 Å². The molecule has 0 bridgehead atoms. The molecule has 1 amide bonds. The zero-order valence-corrected chi connectivity index (χ0v) is 14.4. The Morgan fingerprint density at radius 1 is 1.18 bits per heavy atom. The number of pyridine rings is 1. The average Bonchev–Trinajstić information content (AvgIpc) is 3.11. The number of fused-ring (bicyclic) bond motifs is 1. The highest BCUT2D eigenvalue weighted by Crippen LogP contribution is 2.32. The number of hydrogen-bond acceptors (Lipinski definition) is 4. The summed E-state index contributed by atoms with van der Waals surface area (Å²) in [5.41, 5.74) is 2.21. The number of oxazole rings is 1. The molecule has 4 rings (SSSR count). The van der Waals surface area contributed by atoms with Crippen LogP contribution in [0.2, 0.25) is 0 Å². The second-order valence-electron chi connectivity index (χ2n) is 6.35. The van der Waals surface area contributed by atoms with Gasteiger partial charge in [0.25, 0.3) is 0 Å². The molecule has 1 aliphatic rings. The Bertz CT molecular complexity index is 1070. The van der Waals surface area contributed by atoms with Crippen molar-refractivity contribution >= 4 is 22.9 Å². The number of amides is 1. The monoisotopic (exact) mass is 389 g/mol. The summed E-state index contributed by atoms with van der Waals surface area (Å²) < 4.78 is 43.6. The predicted octanol–water partition coefficient (Wildman–Crippen LogP) is 4.68. The van der Waals surface area contributed by atoms with Crippen molar-refractivity contribution in [1.29, 1.82) is 0 Å². The van der Waals surface area contributed by atoms with Crippen LogP contribution < -0.4 is 0 Å². The second kappa shape index (κ2) is 6.66. The molecule has 6 nitrogen and oxygen atoms in total. The van der Waals surface area contributed by atoms with Crippen molar-refractivity contribution in [2.45, 2.75) is 12.6 Å². The lowest BCUT2D eigenvalue weighted by atomic mass is 10.0. The molecule has 2 aromatic heterocycles. The van der Waals surface area contributed by atoms with Crippen LogP contribution in [0, 0.1) is 0 Å². The van der Waals surface area contributed by atoms with Gasteiger partial charge in [-0.15, -0.1) is 0 Å². The minimum atomic E-state index is -4.40. The second-order valence-corrected chi connectivity index (χ2v) is 6.35. The van der Waals surface area contributed by atoms with E-state index in [0.29, 0.717) is 30.6 Å². The largest absolute Gasteiger partial charge is 0.465 e. The fourth-order valence-corrected chi connectivity index (χ4v) is 3.03. The summed E-state index contributed by atoms with van der Waals surface area (Å²) in [5.74, 6) is 0.183. The molecule has 1 N–H and O–H groups in total. The minimum Gasteiger partial charge on any atom is -0.465 e. The van der Waals surface area contributed by atoms with Crippen LogP contribution in [0.1, 0.15) is 17.5 Å². The standard InChI is InChI=1S/C19H14F3N3O3/c20-19(21,22)14-3-1-12(2-4-14)16-24-15-9-13(10-23-17(15)28-16)11-5-7-25(8-6-11)18(26)27/h1-5,9-10H,6-8H2,(H,26,27). The Morgan fingerprint density at radius 2 is 1.93 bits per heavy atom. The SMILES string of the molecule is O=C(O)N1CC=C(c2cnc3oc(-c4ccc(C(F)(F)F)cc4)nc3c2)CC1. The van der Waals surface area contributed by atoms with Gasteiger partial charge in [0.05, 0.1) is 5.56 Å². The molecule has 0 atom stereocenters. The number of halogens is 3. The van der Waals surface area contributed by atoms with Gasteiger partial charge in [0.15, 0.2) is 0 Å². The number of carboxylic acid groups (broad SMARTS) is 1. The van der Waals surface area contributed by atoms with Crippen molar-refractivity contribution in [3.05, 3.63) is 53.7 Å². The molecule has 9 heteroatoms. The van der Waals surface area contributed by atoms with Crippen molar-refractivity contribution in [1.82, 2.24) is 14.9 Å². The first-order valence-electron chi connectivity index (χ1n) is 8.43. The molecule has 0 fully saturated rings. The first kappa shape index (κ1) is 18.0. The molecule has 0 aliphatic carbocycles. The summed E-state index contributed by atoms with van der Waals surface area (Å²) in [4.78, 5) is 20.9. The van der Waals surface area contributed by atoms with E-state index in [1.54, 1.807) is 12.3 Å². The first-order valence-corrected chi connectivity index (χ1v) is 8.43. The van der Waals surface area contributed by atoms with Gasteiger partial charge >= 0.3 is 12.3 Å². The highest BCUT2D eigenvalue weighted by atomic mass is 19.4. The zero-order valence-electron chi connectivity index (χ0n) is 14.4. The summed E-state index contributed by atoms with van der Waals surface area (Å²) in [6, 6.07) is 6.34. The van der Waals surface area contributed by atoms with Gasteiger partial charge in [-0.3, -0.25) is 0 Å². The van der Waals surface area contributed by atoms with Crippen molar-refractivity contribution in [3.63, 3.8) is 0 Å². The maximum Gasteiger partial charge on any atom is 0.416 e. The molecule has 0 saturated carbocycles. The van der Waals surface area contributed by atoms with Crippen LogP contribution >= 0.6 is 0 Å². The van der Waals surface area contributed by atoms with Gasteiger partial charge in [-0.05, 0) is 47.9 Å². The third-order valence-electron chi connectivity index (χ3n) is 4.56. The number of nitrogens with zero attached hydrogens (tertiary/aromatic N) is 3. The molecule has 144 valence electrons. The summed E-state index contributed by atoms with van der Waals surface area (Å²) in [6.45, 7) is 0.702. The third kappa shape index (κ3) is 3.42. The van der Waals surface area contributed by atoms with Crippen LogP contribution in [-0.2, 0) is 6.18 Å². The molecule has 0 unspecified atom stereocenters. The lowest BCUT2D eigenvalue weighted by molar-refractivity contribution is -0.137. The highest BCUT2D eigenvalue weighted by Gasteiger charge is 2.30. The van der Waals surface area contributed by atoms with Crippen molar-refractivity contribution in [2.24, 2.45) is 0 Å².